The van der Waals surface area contributed by atoms with Crippen molar-refractivity contribution >= 4 is 63.1 Å². The first-order valence-electron chi connectivity index (χ1n) is 8.04. The molecule has 142 valence electrons. The Morgan fingerprint density at radius 2 is 2.00 bits per heavy atom. The van der Waals surface area contributed by atoms with Crippen LogP contribution in [-0.4, -0.2) is 37.4 Å². The fourth-order valence-corrected chi connectivity index (χ4v) is 3.31. The summed E-state index contributed by atoms with van der Waals surface area (Å²) in [5.74, 6) is 0.798. The molecule has 0 aliphatic rings. The molecule has 0 bridgehead atoms. The first kappa shape index (κ1) is 22.9. The van der Waals surface area contributed by atoms with Gasteiger partial charge in [-0.1, -0.05) is 40.2 Å². The summed E-state index contributed by atoms with van der Waals surface area (Å²) < 4.78 is 1.02. The molecule has 0 aliphatic carbocycles. The number of hydrogen-bond acceptors (Lipinski definition) is 3. The summed E-state index contributed by atoms with van der Waals surface area (Å²) in [7, 11) is 3.55. The van der Waals surface area contributed by atoms with Crippen molar-refractivity contribution in [2.75, 3.05) is 20.6 Å². The van der Waals surface area contributed by atoms with E-state index in [1.54, 1.807) is 23.3 Å². The van der Waals surface area contributed by atoms with E-state index < -0.39 is 0 Å². The van der Waals surface area contributed by atoms with Crippen molar-refractivity contribution in [1.29, 1.82) is 0 Å². The molecule has 2 N–H and O–H groups in total. The molecule has 0 saturated carbocycles. The second-order valence-corrected chi connectivity index (χ2v) is 7.41. The van der Waals surface area contributed by atoms with Gasteiger partial charge in [-0.2, -0.15) is 0 Å². The lowest BCUT2D eigenvalue weighted by molar-refractivity contribution is -0.130. The molecular formula is C18H24BrIN4OS. The number of carbonyl (C=O) groups excluding carboxylic acids is 1. The smallest absolute Gasteiger partial charge is 0.224 e. The van der Waals surface area contributed by atoms with Crippen molar-refractivity contribution in [1.82, 2.24) is 15.5 Å². The van der Waals surface area contributed by atoms with Crippen LogP contribution in [0.1, 0.15) is 16.9 Å². The van der Waals surface area contributed by atoms with E-state index in [1.807, 2.05) is 42.8 Å². The molecule has 0 spiro atoms. The van der Waals surface area contributed by atoms with Gasteiger partial charge in [0.1, 0.15) is 0 Å². The average molecular weight is 551 g/mol. The molecule has 0 atom stereocenters. The lowest BCUT2D eigenvalue weighted by atomic mass is 10.2. The van der Waals surface area contributed by atoms with Crippen molar-refractivity contribution < 1.29 is 4.79 Å². The van der Waals surface area contributed by atoms with E-state index in [9.17, 15) is 4.79 Å². The molecule has 0 radical (unpaired) electrons. The minimum atomic E-state index is 0. The maximum Gasteiger partial charge on any atom is 0.224 e. The van der Waals surface area contributed by atoms with Crippen LogP contribution < -0.4 is 10.6 Å². The van der Waals surface area contributed by atoms with Crippen molar-refractivity contribution in [2.24, 2.45) is 4.99 Å². The maximum atomic E-state index is 12.3. The third-order valence-electron chi connectivity index (χ3n) is 3.66. The van der Waals surface area contributed by atoms with Crippen LogP contribution in [0.15, 0.2) is 51.2 Å². The highest BCUT2D eigenvalue weighted by molar-refractivity contribution is 14.0. The average Bonchev–Trinajstić information content (AvgIpc) is 3.13. The minimum absolute atomic E-state index is 0. The number of nitrogens with one attached hydrogen (secondary N) is 2. The van der Waals surface area contributed by atoms with Crippen molar-refractivity contribution in [3.63, 3.8) is 0 Å². The number of halogens is 2. The molecule has 2 aromatic rings. The number of amides is 1. The van der Waals surface area contributed by atoms with E-state index in [0.29, 0.717) is 25.5 Å². The monoisotopic (exact) mass is 550 g/mol. The van der Waals surface area contributed by atoms with Gasteiger partial charge >= 0.3 is 0 Å². The summed E-state index contributed by atoms with van der Waals surface area (Å²) in [5.41, 5.74) is 1.10. The number of guanidine groups is 1. The number of benzene rings is 1. The Kier molecular flexibility index (Phi) is 10.8. The number of thiophene rings is 1. The van der Waals surface area contributed by atoms with Crippen molar-refractivity contribution in [2.45, 2.75) is 19.5 Å². The van der Waals surface area contributed by atoms with E-state index in [4.69, 9.17) is 0 Å². The van der Waals surface area contributed by atoms with Gasteiger partial charge in [-0.25, -0.2) is 0 Å². The molecule has 8 heteroatoms. The lowest BCUT2D eigenvalue weighted by Crippen LogP contribution is -2.39. The fourth-order valence-electron chi connectivity index (χ4n) is 2.25. The summed E-state index contributed by atoms with van der Waals surface area (Å²) in [4.78, 5) is 19.4. The van der Waals surface area contributed by atoms with Crippen LogP contribution >= 0.6 is 51.2 Å². The Labute approximate surface area is 184 Å². The normalized spacial score (nSPS) is 10.8. The van der Waals surface area contributed by atoms with Crippen LogP contribution in [0.5, 0.6) is 0 Å². The predicted octanol–water partition coefficient (Wildman–Crippen LogP) is 3.84. The van der Waals surface area contributed by atoms with Gasteiger partial charge in [0, 0.05) is 43.0 Å². The van der Waals surface area contributed by atoms with Gasteiger partial charge in [0.05, 0.1) is 6.54 Å². The van der Waals surface area contributed by atoms with Crippen LogP contribution in [0.25, 0.3) is 0 Å². The standard InChI is InChI=1S/C18H23BrN4OS.HI/c1-20-18(22-12-15-7-5-11-25-15)21-10-9-17(24)23(2)13-14-6-3-4-8-16(14)19;/h3-8,11H,9-10,12-13H2,1-2H3,(H2,20,21,22);1H. The number of hydrogen-bond donors (Lipinski definition) is 2. The van der Waals surface area contributed by atoms with Gasteiger partial charge in [-0.15, -0.1) is 35.3 Å². The van der Waals surface area contributed by atoms with E-state index in [1.165, 1.54) is 4.88 Å². The highest BCUT2D eigenvalue weighted by Gasteiger charge is 2.11. The van der Waals surface area contributed by atoms with Crippen molar-refractivity contribution in [3.8, 4) is 0 Å². The van der Waals surface area contributed by atoms with Crippen LogP contribution in [-0.2, 0) is 17.9 Å². The van der Waals surface area contributed by atoms with E-state index in [2.05, 4.69) is 37.6 Å². The zero-order valence-electron chi connectivity index (χ0n) is 14.9. The zero-order valence-corrected chi connectivity index (χ0v) is 19.6. The molecule has 0 fully saturated rings. The van der Waals surface area contributed by atoms with Gasteiger partial charge in [-0.05, 0) is 23.1 Å². The highest BCUT2D eigenvalue weighted by atomic mass is 127. The summed E-state index contributed by atoms with van der Waals surface area (Å²) in [6, 6.07) is 12.0. The quantitative estimate of drug-likeness (QED) is 0.313. The zero-order chi connectivity index (χ0) is 18.1. The van der Waals surface area contributed by atoms with Crippen LogP contribution in [0.4, 0.5) is 0 Å². The largest absolute Gasteiger partial charge is 0.356 e. The molecule has 0 saturated heterocycles. The Morgan fingerprint density at radius 1 is 1.23 bits per heavy atom. The number of rotatable bonds is 7. The number of carbonyl (C=O) groups is 1. The third-order valence-corrected chi connectivity index (χ3v) is 5.31. The first-order chi connectivity index (χ1) is 12.1. The van der Waals surface area contributed by atoms with Gasteiger partial charge < -0.3 is 15.5 Å². The molecule has 2 rings (SSSR count). The topological polar surface area (TPSA) is 56.7 Å². The second kappa shape index (κ2) is 12.3. The van der Waals surface area contributed by atoms with E-state index >= 15 is 0 Å². The molecule has 1 aromatic carbocycles. The Hall–Kier alpha value is -1.13. The Balaban J connectivity index is 0.00000338. The van der Waals surface area contributed by atoms with Gasteiger partial charge in [0.2, 0.25) is 5.91 Å². The van der Waals surface area contributed by atoms with Crippen LogP contribution in [0.2, 0.25) is 0 Å². The molecule has 5 nitrogen and oxygen atoms in total. The van der Waals surface area contributed by atoms with Crippen LogP contribution in [0, 0.1) is 0 Å². The Bertz CT molecular complexity index is 709. The molecule has 0 aliphatic heterocycles. The fraction of sp³-hybridized carbons (Fsp3) is 0.333. The SMILES string of the molecule is CN=C(NCCC(=O)N(C)Cc1ccccc1Br)NCc1cccs1.I. The summed E-state index contributed by atoms with van der Waals surface area (Å²) in [6.07, 6.45) is 0.417. The highest BCUT2D eigenvalue weighted by Crippen LogP contribution is 2.17. The number of aliphatic imine (C=N–C) groups is 1. The van der Waals surface area contributed by atoms with Crippen LogP contribution in [0.3, 0.4) is 0 Å². The first-order valence-corrected chi connectivity index (χ1v) is 9.71. The lowest BCUT2D eigenvalue weighted by Gasteiger charge is -2.19. The van der Waals surface area contributed by atoms with E-state index in [-0.39, 0.29) is 29.9 Å². The third kappa shape index (κ3) is 7.63. The van der Waals surface area contributed by atoms with Gasteiger partial charge in [-0.3, -0.25) is 9.79 Å². The molecule has 26 heavy (non-hydrogen) atoms. The second-order valence-electron chi connectivity index (χ2n) is 5.52. The molecule has 0 unspecified atom stereocenters. The molecule has 1 aromatic heterocycles. The minimum Gasteiger partial charge on any atom is -0.356 e. The van der Waals surface area contributed by atoms with Crippen molar-refractivity contribution in [3.05, 3.63) is 56.7 Å². The summed E-state index contributed by atoms with van der Waals surface area (Å²) >= 11 is 5.22. The van der Waals surface area contributed by atoms with Gasteiger partial charge in [0.15, 0.2) is 5.96 Å². The molecule has 1 amide bonds. The number of nitrogens with zero attached hydrogens (tertiary/aromatic N) is 2. The molecular weight excluding hydrogens is 527 g/mol. The summed E-state index contributed by atoms with van der Waals surface area (Å²) in [5, 5.41) is 8.47. The van der Waals surface area contributed by atoms with Gasteiger partial charge in [0.25, 0.3) is 0 Å². The summed E-state index contributed by atoms with van der Waals surface area (Å²) in [6.45, 7) is 1.86. The maximum absolute atomic E-state index is 12.3. The van der Waals surface area contributed by atoms with E-state index in [0.717, 1.165) is 16.6 Å². The molecule has 1 heterocycles. The Morgan fingerprint density at radius 3 is 2.65 bits per heavy atom. The predicted molar refractivity (Wildman–Crippen MR) is 123 cm³/mol.